The maximum Gasteiger partial charge on any atom is 0.166 e. The van der Waals surface area contributed by atoms with Crippen LogP contribution in [0.4, 0.5) is 0 Å². The summed E-state index contributed by atoms with van der Waals surface area (Å²) in [6.45, 7) is 0. The molecular weight excluding hydrogens is 613 g/mol. The highest BCUT2D eigenvalue weighted by molar-refractivity contribution is 6.18. The zero-order chi connectivity index (χ0) is 33.0. The van der Waals surface area contributed by atoms with Gasteiger partial charge in [0.25, 0.3) is 0 Å². The molecule has 5 nitrogen and oxygen atoms in total. The van der Waals surface area contributed by atoms with Crippen molar-refractivity contribution in [3.05, 3.63) is 170 Å². The number of rotatable bonds is 5. The van der Waals surface area contributed by atoms with E-state index in [0.29, 0.717) is 17.5 Å². The van der Waals surface area contributed by atoms with Gasteiger partial charge in [-0.15, -0.1) is 0 Å². The zero-order valence-corrected chi connectivity index (χ0v) is 26.9. The van der Waals surface area contributed by atoms with Crippen molar-refractivity contribution in [2.24, 2.45) is 0 Å². The number of hydrogen-bond donors (Lipinski definition) is 0. The molecule has 0 spiro atoms. The summed E-state index contributed by atoms with van der Waals surface area (Å²) in [5.41, 5.74) is 9.67. The molecule has 3 aromatic heterocycles. The molecule has 0 N–H and O–H groups in total. The number of aromatic nitrogens is 4. The van der Waals surface area contributed by atoms with Crippen molar-refractivity contribution in [1.82, 2.24) is 19.5 Å². The maximum atomic E-state index is 6.82. The molecule has 0 aliphatic carbocycles. The lowest BCUT2D eigenvalue weighted by Crippen LogP contribution is -2.04. The van der Waals surface area contributed by atoms with Crippen molar-refractivity contribution in [2.45, 2.75) is 0 Å². The third-order valence-corrected chi connectivity index (χ3v) is 9.47. The molecule has 0 fully saturated rings. The molecule has 7 aromatic carbocycles. The summed E-state index contributed by atoms with van der Waals surface area (Å²) >= 11 is 0. The van der Waals surface area contributed by atoms with Crippen LogP contribution < -0.4 is 0 Å². The fourth-order valence-corrected chi connectivity index (χ4v) is 7.22. The van der Waals surface area contributed by atoms with Crippen molar-refractivity contribution in [3.8, 4) is 51.0 Å². The van der Waals surface area contributed by atoms with E-state index in [4.69, 9.17) is 19.4 Å². The molecule has 10 aromatic rings. The van der Waals surface area contributed by atoms with Crippen LogP contribution in [0.2, 0.25) is 0 Å². The van der Waals surface area contributed by atoms with E-state index in [0.717, 1.165) is 60.7 Å². The van der Waals surface area contributed by atoms with Gasteiger partial charge in [0.2, 0.25) is 0 Å². The van der Waals surface area contributed by atoms with E-state index >= 15 is 0 Å². The predicted octanol–water partition coefficient (Wildman–Crippen LogP) is 11.5. The van der Waals surface area contributed by atoms with Gasteiger partial charge in [-0.1, -0.05) is 140 Å². The summed E-state index contributed by atoms with van der Waals surface area (Å²) in [5, 5.41) is 4.43. The Morgan fingerprint density at radius 1 is 0.380 bits per heavy atom. The largest absolute Gasteiger partial charge is 0.454 e. The summed E-state index contributed by atoms with van der Waals surface area (Å²) < 4.78 is 9.16. The van der Waals surface area contributed by atoms with Crippen LogP contribution in [0.15, 0.2) is 174 Å². The smallest absolute Gasteiger partial charge is 0.166 e. The summed E-state index contributed by atoms with van der Waals surface area (Å²) in [5.74, 6) is 1.79. The van der Waals surface area contributed by atoms with Gasteiger partial charge in [-0.3, -0.25) is 0 Å². The van der Waals surface area contributed by atoms with Gasteiger partial charge in [0.1, 0.15) is 11.3 Å². The van der Waals surface area contributed by atoms with Crippen LogP contribution in [0.1, 0.15) is 0 Å². The third kappa shape index (κ3) is 4.45. The van der Waals surface area contributed by atoms with Gasteiger partial charge in [0.05, 0.1) is 11.0 Å². The number of nitrogens with zero attached hydrogens (tertiary/aromatic N) is 4. The molecule has 50 heavy (non-hydrogen) atoms. The minimum Gasteiger partial charge on any atom is -0.454 e. The second kappa shape index (κ2) is 11.4. The lowest BCUT2D eigenvalue weighted by molar-refractivity contribution is 0.666. The maximum absolute atomic E-state index is 6.82. The van der Waals surface area contributed by atoms with Gasteiger partial charge in [-0.2, -0.15) is 0 Å². The molecule has 234 valence electrons. The standard InChI is InChI=1S/C45H28N4O/c1-4-15-29(16-5-1)32-23-14-25-38-40(32)35-22-10-12-24-37(35)49(38)41-36(28-27-34-33-21-11-13-26-39(33)50-42(34)41)45-47-43(30-17-6-2-7-18-30)46-44(48-45)31-19-8-3-9-20-31/h1-28H. The highest BCUT2D eigenvalue weighted by Gasteiger charge is 2.25. The Bertz CT molecular complexity index is 2800. The Kier molecular flexibility index (Phi) is 6.42. The van der Waals surface area contributed by atoms with Gasteiger partial charge >= 0.3 is 0 Å². The fourth-order valence-electron chi connectivity index (χ4n) is 7.22. The molecule has 0 atom stereocenters. The molecular formula is C45H28N4O. The van der Waals surface area contributed by atoms with Crippen molar-refractivity contribution < 1.29 is 4.42 Å². The minimum atomic E-state index is 0.570. The van der Waals surface area contributed by atoms with Crippen LogP contribution in [0.25, 0.3) is 94.7 Å². The molecule has 0 aliphatic rings. The first kappa shape index (κ1) is 28.2. The Labute approximate surface area is 287 Å². The van der Waals surface area contributed by atoms with Crippen molar-refractivity contribution in [1.29, 1.82) is 0 Å². The average Bonchev–Trinajstić information content (AvgIpc) is 3.74. The van der Waals surface area contributed by atoms with Gasteiger partial charge in [-0.05, 0) is 41.5 Å². The molecule has 0 unspecified atom stereocenters. The van der Waals surface area contributed by atoms with Gasteiger partial charge in [0.15, 0.2) is 23.1 Å². The fraction of sp³-hybridized carbons (Fsp3) is 0. The number of fused-ring (bicyclic) bond motifs is 6. The molecule has 0 bridgehead atoms. The minimum absolute atomic E-state index is 0.570. The molecule has 5 heteroatoms. The summed E-state index contributed by atoms with van der Waals surface area (Å²) in [6.07, 6.45) is 0. The van der Waals surface area contributed by atoms with E-state index in [9.17, 15) is 0 Å². The lowest BCUT2D eigenvalue weighted by atomic mass is 9.99. The van der Waals surface area contributed by atoms with E-state index in [1.54, 1.807) is 0 Å². The molecule has 3 heterocycles. The van der Waals surface area contributed by atoms with E-state index in [2.05, 4.69) is 102 Å². The quantitative estimate of drug-likeness (QED) is 0.188. The SMILES string of the molecule is c1ccc(-c2nc(-c3ccccc3)nc(-c3ccc4c(oc5ccccc54)c3-n3c4ccccc4c4c(-c5ccccc5)cccc43)n2)cc1. The number of benzene rings is 7. The molecule has 0 aliphatic heterocycles. The highest BCUT2D eigenvalue weighted by atomic mass is 16.3. The second-order valence-corrected chi connectivity index (χ2v) is 12.4. The predicted molar refractivity (Wildman–Crippen MR) is 203 cm³/mol. The molecule has 0 saturated heterocycles. The van der Waals surface area contributed by atoms with E-state index < -0.39 is 0 Å². The summed E-state index contributed by atoms with van der Waals surface area (Å²) in [4.78, 5) is 15.3. The zero-order valence-electron chi connectivity index (χ0n) is 26.9. The van der Waals surface area contributed by atoms with Crippen LogP contribution >= 0.6 is 0 Å². The van der Waals surface area contributed by atoms with Gasteiger partial charge in [-0.25, -0.2) is 15.0 Å². The third-order valence-electron chi connectivity index (χ3n) is 9.47. The summed E-state index contributed by atoms with van der Waals surface area (Å²) in [7, 11) is 0. The van der Waals surface area contributed by atoms with Crippen molar-refractivity contribution in [2.75, 3.05) is 0 Å². The number of furan rings is 1. The van der Waals surface area contributed by atoms with E-state index in [1.165, 1.54) is 16.5 Å². The topological polar surface area (TPSA) is 56.7 Å². The molecule has 0 radical (unpaired) electrons. The first-order valence-electron chi connectivity index (χ1n) is 16.7. The number of hydrogen-bond acceptors (Lipinski definition) is 4. The first-order valence-corrected chi connectivity index (χ1v) is 16.7. The monoisotopic (exact) mass is 640 g/mol. The van der Waals surface area contributed by atoms with Crippen LogP contribution in [0, 0.1) is 0 Å². The van der Waals surface area contributed by atoms with Crippen LogP contribution in [0.3, 0.4) is 0 Å². The normalized spacial score (nSPS) is 11.6. The Morgan fingerprint density at radius 3 is 1.64 bits per heavy atom. The number of para-hydroxylation sites is 2. The Morgan fingerprint density at radius 2 is 0.940 bits per heavy atom. The Balaban J connectivity index is 1.35. The van der Waals surface area contributed by atoms with E-state index in [-0.39, 0.29) is 0 Å². The average molecular weight is 641 g/mol. The van der Waals surface area contributed by atoms with E-state index in [1.807, 2.05) is 72.8 Å². The van der Waals surface area contributed by atoms with Gasteiger partial charge in [0, 0.05) is 38.2 Å². The lowest BCUT2D eigenvalue weighted by Gasteiger charge is -2.15. The molecule has 0 saturated carbocycles. The van der Waals surface area contributed by atoms with Crippen molar-refractivity contribution >= 4 is 43.7 Å². The van der Waals surface area contributed by atoms with Crippen LogP contribution in [0.5, 0.6) is 0 Å². The molecule has 0 amide bonds. The highest BCUT2D eigenvalue weighted by Crippen LogP contribution is 2.44. The first-order chi connectivity index (χ1) is 24.8. The van der Waals surface area contributed by atoms with Crippen LogP contribution in [-0.2, 0) is 0 Å². The van der Waals surface area contributed by atoms with Crippen molar-refractivity contribution in [3.63, 3.8) is 0 Å². The second-order valence-electron chi connectivity index (χ2n) is 12.4. The Hall–Kier alpha value is -6.85. The summed E-state index contributed by atoms with van der Waals surface area (Å²) in [6, 6.07) is 58.4. The van der Waals surface area contributed by atoms with Gasteiger partial charge < -0.3 is 8.98 Å². The molecule has 10 rings (SSSR count). The van der Waals surface area contributed by atoms with Crippen LogP contribution in [-0.4, -0.2) is 19.5 Å².